The molecule has 2 aromatic rings. The number of nitrogens with two attached hydrogens (primary N) is 1. The predicted molar refractivity (Wildman–Crippen MR) is 99.0 cm³/mol. The normalized spacial score (nSPS) is 9.54. The Morgan fingerprint density at radius 1 is 1.08 bits per heavy atom. The highest BCUT2D eigenvalue weighted by atomic mass is 16.5. The van der Waals surface area contributed by atoms with Crippen molar-refractivity contribution in [2.45, 2.75) is 40.7 Å². The van der Waals surface area contributed by atoms with Crippen LogP contribution in [0.3, 0.4) is 0 Å². The number of aryl methyl sites for hydroxylation is 2. The van der Waals surface area contributed by atoms with Crippen molar-refractivity contribution in [3.8, 4) is 5.75 Å². The maximum Gasteiger partial charge on any atom is 0.333 e. The molecule has 0 atom stereocenters. The second-order valence-corrected chi connectivity index (χ2v) is 4.96. The first-order chi connectivity index (χ1) is 11.7. The van der Waals surface area contributed by atoms with Gasteiger partial charge in [-0.15, -0.1) is 0 Å². The molecule has 0 aromatic heterocycles. The van der Waals surface area contributed by atoms with Crippen LogP contribution in [0.4, 0.5) is 10.5 Å². The summed E-state index contributed by atoms with van der Waals surface area (Å²) < 4.78 is 5.96. The van der Waals surface area contributed by atoms with Gasteiger partial charge < -0.3 is 10.1 Å². The van der Waals surface area contributed by atoms with E-state index < -0.39 is 6.03 Å². The monoisotopic (exact) mass is 329 g/mol. The number of benzene rings is 2. The Morgan fingerprint density at radius 2 is 1.75 bits per heavy atom. The molecular formula is C19H27N3O2. The number of urea groups is 1. The smallest absolute Gasteiger partial charge is 0.333 e. The molecule has 5 nitrogen and oxygen atoms in total. The van der Waals surface area contributed by atoms with E-state index in [2.05, 4.69) is 24.4 Å². The van der Waals surface area contributed by atoms with E-state index in [4.69, 9.17) is 10.6 Å². The third-order valence-corrected chi connectivity index (χ3v) is 3.46. The average molecular weight is 329 g/mol. The highest BCUT2D eigenvalue weighted by molar-refractivity contribution is 5.90. The first kappa shape index (κ1) is 19.5. The molecule has 0 spiro atoms. The van der Waals surface area contributed by atoms with Gasteiger partial charge in [0.25, 0.3) is 0 Å². The number of hydrogen-bond acceptors (Lipinski definition) is 3. The molecule has 5 heteroatoms. The topological polar surface area (TPSA) is 76.4 Å². The average Bonchev–Trinajstić information content (AvgIpc) is 2.63. The number of amides is 2. The lowest BCUT2D eigenvalue weighted by Gasteiger charge is -2.16. The van der Waals surface area contributed by atoms with E-state index in [0.29, 0.717) is 18.0 Å². The first-order valence-electron chi connectivity index (χ1n) is 8.22. The standard InChI is InChI=1S/C17H21N3O2.C2H6/c1-3-13-8-4-5-9-14(13)11-22-16-12(2)7-6-10-15(16)19-17(21)20-18;1-2/h4-10H,3,11,18H2,1-2H3,(H2,19,20,21);1-2H3. The van der Waals surface area contributed by atoms with Crippen molar-refractivity contribution in [3.05, 3.63) is 59.2 Å². The van der Waals surface area contributed by atoms with E-state index in [0.717, 1.165) is 17.5 Å². The molecule has 0 heterocycles. The Labute approximate surface area is 144 Å². The van der Waals surface area contributed by atoms with E-state index in [1.165, 1.54) is 5.56 Å². The van der Waals surface area contributed by atoms with Gasteiger partial charge in [-0.2, -0.15) is 0 Å². The number of ether oxygens (including phenoxy) is 1. The van der Waals surface area contributed by atoms with Crippen molar-refractivity contribution in [1.82, 2.24) is 5.43 Å². The van der Waals surface area contributed by atoms with Crippen LogP contribution < -0.4 is 21.3 Å². The molecule has 0 unspecified atom stereocenters. The van der Waals surface area contributed by atoms with Crippen LogP contribution in [0.25, 0.3) is 0 Å². The van der Waals surface area contributed by atoms with Crippen molar-refractivity contribution >= 4 is 11.7 Å². The molecular weight excluding hydrogens is 302 g/mol. The van der Waals surface area contributed by atoms with Crippen LogP contribution in [0.1, 0.15) is 37.5 Å². The van der Waals surface area contributed by atoms with Crippen LogP contribution in [0.15, 0.2) is 42.5 Å². The number of anilines is 1. The van der Waals surface area contributed by atoms with Gasteiger partial charge in [-0.25, -0.2) is 10.6 Å². The Balaban J connectivity index is 0.00000139. The zero-order valence-corrected chi connectivity index (χ0v) is 14.8. The summed E-state index contributed by atoms with van der Waals surface area (Å²) in [7, 11) is 0. The quantitative estimate of drug-likeness (QED) is 0.438. The van der Waals surface area contributed by atoms with Gasteiger partial charge in [-0.3, -0.25) is 5.43 Å². The van der Waals surface area contributed by atoms with Gasteiger partial charge in [-0.05, 0) is 36.1 Å². The number of para-hydroxylation sites is 1. The van der Waals surface area contributed by atoms with Crippen LogP contribution in [-0.4, -0.2) is 6.03 Å². The molecule has 2 amide bonds. The molecule has 0 saturated carbocycles. The third-order valence-electron chi connectivity index (χ3n) is 3.46. The number of rotatable bonds is 5. The van der Waals surface area contributed by atoms with Gasteiger partial charge in [0, 0.05) is 0 Å². The lowest BCUT2D eigenvalue weighted by atomic mass is 10.1. The van der Waals surface area contributed by atoms with Gasteiger partial charge in [0.05, 0.1) is 5.69 Å². The van der Waals surface area contributed by atoms with Crippen LogP contribution in [-0.2, 0) is 13.0 Å². The van der Waals surface area contributed by atoms with Crippen molar-refractivity contribution < 1.29 is 9.53 Å². The van der Waals surface area contributed by atoms with E-state index in [1.807, 2.05) is 50.5 Å². The molecule has 0 aliphatic rings. The number of hydrogen-bond donors (Lipinski definition) is 3. The minimum absolute atomic E-state index is 0.452. The zero-order valence-electron chi connectivity index (χ0n) is 14.8. The van der Waals surface area contributed by atoms with E-state index in [9.17, 15) is 4.79 Å². The Kier molecular flexibility index (Phi) is 8.36. The van der Waals surface area contributed by atoms with Crippen molar-refractivity contribution in [3.63, 3.8) is 0 Å². The molecule has 0 aliphatic carbocycles. The summed E-state index contributed by atoms with van der Waals surface area (Å²) in [6.45, 7) is 8.51. The van der Waals surface area contributed by atoms with Crippen molar-refractivity contribution in [2.75, 3.05) is 5.32 Å². The maximum atomic E-state index is 11.4. The van der Waals surface area contributed by atoms with Crippen LogP contribution >= 0.6 is 0 Å². The fraction of sp³-hybridized carbons (Fsp3) is 0.316. The fourth-order valence-electron chi connectivity index (χ4n) is 2.29. The van der Waals surface area contributed by atoms with Gasteiger partial charge in [0.1, 0.15) is 12.4 Å². The number of carbonyl (C=O) groups is 1. The van der Waals surface area contributed by atoms with E-state index in [1.54, 1.807) is 6.07 Å². The Morgan fingerprint density at radius 3 is 2.38 bits per heavy atom. The molecule has 24 heavy (non-hydrogen) atoms. The lowest BCUT2D eigenvalue weighted by molar-refractivity contribution is 0.252. The van der Waals surface area contributed by atoms with Crippen LogP contribution in [0, 0.1) is 6.92 Å². The minimum Gasteiger partial charge on any atom is -0.486 e. The summed E-state index contributed by atoms with van der Waals surface area (Å²) in [4.78, 5) is 11.4. The number of hydrazine groups is 1. The van der Waals surface area contributed by atoms with Gasteiger partial charge in [0.2, 0.25) is 0 Å². The molecule has 0 fully saturated rings. The SMILES string of the molecule is CC.CCc1ccccc1COc1c(C)cccc1NC(=O)NN. The second kappa shape index (κ2) is 10.3. The van der Waals surface area contributed by atoms with Gasteiger partial charge in [0.15, 0.2) is 0 Å². The Bertz CT molecular complexity index is 657. The van der Waals surface area contributed by atoms with Gasteiger partial charge >= 0.3 is 6.03 Å². The van der Waals surface area contributed by atoms with Crippen molar-refractivity contribution in [1.29, 1.82) is 0 Å². The predicted octanol–water partition coefficient (Wildman–Crippen LogP) is 4.16. The molecule has 2 aromatic carbocycles. The van der Waals surface area contributed by atoms with E-state index in [-0.39, 0.29) is 0 Å². The molecule has 4 N–H and O–H groups in total. The first-order valence-corrected chi connectivity index (χ1v) is 8.22. The fourth-order valence-corrected chi connectivity index (χ4v) is 2.29. The van der Waals surface area contributed by atoms with Gasteiger partial charge in [-0.1, -0.05) is 57.2 Å². The van der Waals surface area contributed by atoms with Crippen LogP contribution in [0.5, 0.6) is 5.75 Å². The van der Waals surface area contributed by atoms with Crippen LogP contribution in [0.2, 0.25) is 0 Å². The molecule has 130 valence electrons. The molecule has 2 rings (SSSR count). The molecule has 0 saturated heterocycles. The summed E-state index contributed by atoms with van der Waals surface area (Å²) in [6.07, 6.45) is 0.952. The van der Waals surface area contributed by atoms with E-state index >= 15 is 0 Å². The number of nitrogens with one attached hydrogen (secondary N) is 2. The maximum absolute atomic E-state index is 11.4. The summed E-state index contributed by atoms with van der Waals surface area (Å²) in [5.41, 5.74) is 5.99. The van der Waals surface area contributed by atoms with Crippen molar-refractivity contribution in [2.24, 2.45) is 5.84 Å². The molecule has 0 aliphatic heterocycles. The Hall–Kier alpha value is -2.53. The summed E-state index contributed by atoms with van der Waals surface area (Å²) in [5.74, 6) is 5.76. The zero-order chi connectivity index (χ0) is 17.9. The summed E-state index contributed by atoms with van der Waals surface area (Å²) in [6, 6.07) is 13.3. The molecule has 0 radical (unpaired) electrons. The third kappa shape index (κ3) is 5.28. The lowest BCUT2D eigenvalue weighted by Crippen LogP contribution is -2.34. The molecule has 0 bridgehead atoms. The largest absolute Gasteiger partial charge is 0.486 e. The number of carbonyl (C=O) groups excluding carboxylic acids is 1. The summed E-state index contributed by atoms with van der Waals surface area (Å²) >= 11 is 0. The minimum atomic E-state index is -0.482. The second-order valence-electron chi connectivity index (χ2n) is 4.96. The highest BCUT2D eigenvalue weighted by Crippen LogP contribution is 2.29. The summed E-state index contributed by atoms with van der Waals surface area (Å²) in [5, 5.41) is 2.67. The highest BCUT2D eigenvalue weighted by Gasteiger charge is 2.10.